The molecule has 144 valence electrons. The lowest BCUT2D eigenvalue weighted by Crippen LogP contribution is -2.33. The van der Waals surface area contributed by atoms with Crippen molar-refractivity contribution in [3.63, 3.8) is 0 Å². The Balaban J connectivity index is 1.83. The van der Waals surface area contributed by atoms with Crippen LogP contribution in [-0.2, 0) is 10.0 Å². The van der Waals surface area contributed by atoms with Crippen molar-refractivity contribution in [3.8, 4) is 0 Å². The van der Waals surface area contributed by atoms with Crippen LogP contribution in [0.2, 0.25) is 0 Å². The molecule has 0 bridgehead atoms. The van der Waals surface area contributed by atoms with Crippen LogP contribution in [0.15, 0.2) is 45.8 Å². The summed E-state index contributed by atoms with van der Waals surface area (Å²) in [6, 6.07) is 6.82. The SMILES string of the molecule is O=C(Nc1ccc(F)c(Br)c1)c1ccc(F)c(S(=O)(=O)NC2CCCC2)c1. The van der Waals surface area contributed by atoms with Gasteiger partial charge in [-0.2, -0.15) is 0 Å². The molecule has 1 amide bonds. The average molecular weight is 459 g/mol. The third kappa shape index (κ3) is 4.72. The van der Waals surface area contributed by atoms with E-state index in [0.29, 0.717) is 18.5 Å². The number of rotatable bonds is 5. The Morgan fingerprint density at radius 3 is 2.37 bits per heavy atom. The molecule has 0 radical (unpaired) electrons. The number of amides is 1. The van der Waals surface area contributed by atoms with Crippen molar-refractivity contribution < 1.29 is 22.0 Å². The van der Waals surface area contributed by atoms with Crippen LogP contribution in [-0.4, -0.2) is 20.4 Å². The lowest BCUT2D eigenvalue weighted by Gasteiger charge is -2.14. The summed E-state index contributed by atoms with van der Waals surface area (Å²) < 4.78 is 55.1. The standard InChI is InChI=1S/C18H17BrF2N2O3S/c19-14-10-13(6-8-15(14)20)22-18(24)11-5-7-16(21)17(9-11)27(25,26)23-12-3-1-2-4-12/h5-10,12,23H,1-4H2,(H,22,24). The average Bonchev–Trinajstić information content (AvgIpc) is 3.10. The van der Waals surface area contributed by atoms with Gasteiger partial charge in [-0.3, -0.25) is 4.79 Å². The molecule has 0 atom stereocenters. The van der Waals surface area contributed by atoms with Gasteiger partial charge in [0, 0.05) is 17.3 Å². The Morgan fingerprint density at radius 2 is 1.70 bits per heavy atom. The molecule has 2 aromatic carbocycles. The number of hydrogen-bond donors (Lipinski definition) is 2. The molecule has 3 rings (SSSR count). The minimum Gasteiger partial charge on any atom is -0.322 e. The molecule has 9 heteroatoms. The van der Waals surface area contributed by atoms with Crippen LogP contribution in [0, 0.1) is 11.6 Å². The van der Waals surface area contributed by atoms with Crippen molar-refractivity contribution in [2.45, 2.75) is 36.6 Å². The zero-order valence-corrected chi connectivity index (χ0v) is 16.5. The highest BCUT2D eigenvalue weighted by atomic mass is 79.9. The van der Waals surface area contributed by atoms with Crippen LogP contribution in [0.4, 0.5) is 14.5 Å². The van der Waals surface area contributed by atoms with Crippen LogP contribution in [0.5, 0.6) is 0 Å². The maximum Gasteiger partial charge on any atom is 0.255 e. The van der Waals surface area contributed by atoms with Gasteiger partial charge in [0.2, 0.25) is 10.0 Å². The number of carbonyl (C=O) groups is 1. The van der Waals surface area contributed by atoms with Gasteiger partial charge in [0.15, 0.2) is 0 Å². The summed E-state index contributed by atoms with van der Waals surface area (Å²) in [6.45, 7) is 0. The molecule has 2 aromatic rings. The minimum absolute atomic E-state index is 0.0244. The molecule has 5 nitrogen and oxygen atoms in total. The molecule has 0 aliphatic heterocycles. The minimum atomic E-state index is -4.08. The molecule has 1 aliphatic rings. The highest BCUT2D eigenvalue weighted by Crippen LogP contribution is 2.24. The van der Waals surface area contributed by atoms with Gasteiger partial charge in [-0.05, 0) is 65.2 Å². The summed E-state index contributed by atoms with van der Waals surface area (Å²) in [6.07, 6.45) is 3.26. The predicted molar refractivity (Wildman–Crippen MR) is 101 cm³/mol. The van der Waals surface area contributed by atoms with E-state index < -0.39 is 32.5 Å². The van der Waals surface area contributed by atoms with Crippen LogP contribution >= 0.6 is 15.9 Å². The fourth-order valence-electron chi connectivity index (χ4n) is 2.95. The van der Waals surface area contributed by atoms with Crippen molar-refractivity contribution in [1.29, 1.82) is 0 Å². The van der Waals surface area contributed by atoms with E-state index >= 15 is 0 Å². The van der Waals surface area contributed by atoms with Crippen LogP contribution < -0.4 is 10.0 Å². The zero-order valence-electron chi connectivity index (χ0n) is 14.1. The van der Waals surface area contributed by atoms with Gasteiger partial charge in [0.25, 0.3) is 5.91 Å². The summed E-state index contributed by atoms with van der Waals surface area (Å²) in [5.41, 5.74) is 0.287. The molecule has 0 saturated heterocycles. The van der Waals surface area contributed by atoms with Gasteiger partial charge in [-0.15, -0.1) is 0 Å². The van der Waals surface area contributed by atoms with Gasteiger partial charge in [-0.25, -0.2) is 21.9 Å². The third-order valence-electron chi connectivity index (χ3n) is 4.34. The fraction of sp³-hybridized carbons (Fsp3) is 0.278. The number of nitrogens with one attached hydrogen (secondary N) is 2. The molecule has 1 aliphatic carbocycles. The number of halogens is 3. The maximum atomic E-state index is 14.1. The summed E-state index contributed by atoms with van der Waals surface area (Å²) >= 11 is 3.02. The molecule has 1 fully saturated rings. The highest BCUT2D eigenvalue weighted by molar-refractivity contribution is 9.10. The fourth-order valence-corrected chi connectivity index (χ4v) is 4.74. The van der Waals surface area contributed by atoms with Crippen LogP contribution in [0.25, 0.3) is 0 Å². The van der Waals surface area contributed by atoms with Crippen molar-refractivity contribution in [1.82, 2.24) is 4.72 Å². The summed E-state index contributed by atoms with van der Waals surface area (Å²) in [4.78, 5) is 11.8. The van der Waals surface area contributed by atoms with Gasteiger partial charge in [0.1, 0.15) is 16.5 Å². The first-order valence-corrected chi connectivity index (χ1v) is 10.6. The van der Waals surface area contributed by atoms with E-state index in [1.54, 1.807) is 0 Å². The van der Waals surface area contributed by atoms with Crippen LogP contribution in [0.3, 0.4) is 0 Å². The number of anilines is 1. The lowest BCUT2D eigenvalue weighted by molar-refractivity contribution is 0.102. The quantitative estimate of drug-likeness (QED) is 0.704. The van der Waals surface area contributed by atoms with Crippen molar-refractivity contribution in [2.75, 3.05) is 5.32 Å². The molecule has 0 aromatic heterocycles. The molecule has 0 unspecified atom stereocenters. The van der Waals surface area contributed by atoms with E-state index in [1.807, 2.05) is 0 Å². The van der Waals surface area contributed by atoms with E-state index in [0.717, 1.165) is 25.0 Å². The monoisotopic (exact) mass is 458 g/mol. The van der Waals surface area contributed by atoms with E-state index in [-0.39, 0.29) is 16.1 Å². The lowest BCUT2D eigenvalue weighted by atomic mass is 10.2. The van der Waals surface area contributed by atoms with E-state index in [2.05, 4.69) is 26.0 Å². The second-order valence-electron chi connectivity index (χ2n) is 6.33. The molecule has 0 heterocycles. The number of benzene rings is 2. The molecule has 2 N–H and O–H groups in total. The maximum absolute atomic E-state index is 14.1. The molecule has 0 spiro atoms. The summed E-state index contributed by atoms with van der Waals surface area (Å²) in [5.74, 6) is -2.05. The van der Waals surface area contributed by atoms with E-state index in [9.17, 15) is 22.0 Å². The molecular weight excluding hydrogens is 442 g/mol. The van der Waals surface area contributed by atoms with E-state index in [1.165, 1.54) is 24.3 Å². The number of hydrogen-bond acceptors (Lipinski definition) is 3. The second-order valence-corrected chi connectivity index (χ2v) is 8.87. The van der Waals surface area contributed by atoms with Gasteiger partial charge >= 0.3 is 0 Å². The first-order chi connectivity index (χ1) is 12.8. The van der Waals surface area contributed by atoms with Crippen molar-refractivity contribution in [2.24, 2.45) is 0 Å². The second kappa shape index (κ2) is 8.04. The first kappa shape index (κ1) is 19.9. The largest absolute Gasteiger partial charge is 0.322 e. The Labute approximate surface area is 164 Å². The molecule has 1 saturated carbocycles. The molecular formula is C18H17BrF2N2O3S. The number of sulfonamides is 1. The van der Waals surface area contributed by atoms with Gasteiger partial charge in [-0.1, -0.05) is 12.8 Å². The Hall–Kier alpha value is -1.84. The smallest absolute Gasteiger partial charge is 0.255 e. The van der Waals surface area contributed by atoms with Crippen LogP contribution in [0.1, 0.15) is 36.0 Å². The van der Waals surface area contributed by atoms with Crippen molar-refractivity contribution >= 4 is 37.5 Å². The molecule has 27 heavy (non-hydrogen) atoms. The number of carbonyl (C=O) groups excluding carboxylic acids is 1. The van der Waals surface area contributed by atoms with Crippen molar-refractivity contribution in [3.05, 3.63) is 58.1 Å². The Morgan fingerprint density at radius 1 is 1.04 bits per heavy atom. The first-order valence-electron chi connectivity index (χ1n) is 8.34. The predicted octanol–water partition coefficient (Wildman–Crippen LogP) is 4.20. The Bertz CT molecular complexity index is 977. The van der Waals surface area contributed by atoms with Gasteiger partial charge in [0.05, 0.1) is 4.47 Å². The zero-order chi connectivity index (χ0) is 19.6. The highest BCUT2D eigenvalue weighted by Gasteiger charge is 2.26. The van der Waals surface area contributed by atoms with Gasteiger partial charge < -0.3 is 5.32 Å². The topological polar surface area (TPSA) is 75.3 Å². The normalized spacial score (nSPS) is 15.1. The van der Waals surface area contributed by atoms with E-state index in [4.69, 9.17) is 0 Å². The Kier molecular flexibility index (Phi) is 5.92. The third-order valence-corrected chi connectivity index (χ3v) is 6.48. The summed E-state index contributed by atoms with van der Waals surface area (Å²) in [5, 5.41) is 2.52. The summed E-state index contributed by atoms with van der Waals surface area (Å²) in [7, 11) is -4.08.